The first-order valence-corrected chi connectivity index (χ1v) is 7.90. The van der Waals surface area contributed by atoms with Crippen molar-refractivity contribution in [1.29, 1.82) is 0 Å². The minimum absolute atomic E-state index is 0.409. The van der Waals surface area contributed by atoms with Crippen LogP contribution in [0.15, 0.2) is 54.3 Å². The van der Waals surface area contributed by atoms with Crippen LogP contribution in [0.2, 0.25) is 0 Å². The van der Waals surface area contributed by atoms with E-state index in [9.17, 15) is 0 Å². The molecule has 0 aromatic carbocycles. The minimum Gasteiger partial charge on any atom is -0.378 e. The van der Waals surface area contributed by atoms with Crippen LogP contribution in [0.25, 0.3) is 5.70 Å². The smallest absolute Gasteiger partial charge is 0.0676 e. The van der Waals surface area contributed by atoms with E-state index in [2.05, 4.69) is 37.2 Å². The van der Waals surface area contributed by atoms with Crippen molar-refractivity contribution >= 4 is 5.70 Å². The van der Waals surface area contributed by atoms with Gasteiger partial charge in [0.15, 0.2) is 0 Å². The fourth-order valence-corrected chi connectivity index (χ4v) is 2.06. The van der Waals surface area contributed by atoms with Crippen LogP contribution in [0, 0.1) is 12.8 Å². The first kappa shape index (κ1) is 18.2. The van der Waals surface area contributed by atoms with Gasteiger partial charge >= 0.3 is 0 Å². The Balaban J connectivity index is 3.06. The van der Waals surface area contributed by atoms with Crippen LogP contribution < -0.4 is 0 Å². The lowest BCUT2D eigenvalue weighted by Crippen LogP contribution is -2.03. The second-order valence-electron chi connectivity index (χ2n) is 5.34. The minimum atomic E-state index is 0.409. The lowest BCUT2D eigenvalue weighted by molar-refractivity contribution is 0.177. The van der Waals surface area contributed by atoms with Gasteiger partial charge in [-0.2, -0.15) is 5.10 Å². The summed E-state index contributed by atoms with van der Waals surface area (Å²) in [5.74, 6) is 0.409. The number of aromatic nitrogens is 2. The third-order valence-electron chi connectivity index (χ3n) is 3.15. The van der Waals surface area contributed by atoms with Crippen LogP contribution in [0.4, 0.5) is 0 Å². The summed E-state index contributed by atoms with van der Waals surface area (Å²) < 4.78 is 7.23. The average molecular weight is 300 g/mol. The second kappa shape index (κ2) is 9.96. The van der Waals surface area contributed by atoms with Crippen LogP contribution in [0.3, 0.4) is 0 Å². The molecule has 0 saturated carbocycles. The van der Waals surface area contributed by atoms with Gasteiger partial charge < -0.3 is 4.74 Å². The fraction of sp³-hybridized carbons (Fsp3) is 0.421. The molecule has 1 rings (SSSR count). The lowest BCUT2D eigenvalue weighted by atomic mass is 10.00. The molecule has 0 N–H and O–H groups in total. The molecule has 0 aliphatic heterocycles. The van der Waals surface area contributed by atoms with E-state index in [0.29, 0.717) is 12.5 Å². The zero-order valence-corrected chi connectivity index (χ0v) is 14.4. The largest absolute Gasteiger partial charge is 0.378 e. The number of rotatable bonds is 8. The number of aryl methyl sites for hydroxylation is 1. The van der Waals surface area contributed by atoms with Gasteiger partial charge in [-0.15, -0.1) is 0 Å². The van der Waals surface area contributed by atoms with Gasteiger partial charge in [0, 0.05) is 12.8 Å². The molecule has 0 amide bonds. The van der Waals surface area contributed by atoms with Crippen molar-refractivity contribution < 1.29 is 4.74 Å². The number of hydrogen-bond acceptors (Lipinski definition) is 2. The van der Waals surface area contributed by atoms with E-state index in [-0.39, 0.29) is 0 Å². The third kappa shape index (κ3) is 5.86. The zero-order chi connectivity index (χ0) is 16.4. The van der Waals surface area contributed by atoms with Gasteiger partial charge in [0.05, 0.1) is 18.0 Å². The molecule has 0 unspecified atom stereocenters. The van der Waals surface area contributed by atoms with Crippen molar-refractivity contribution in [1.82, 2.24) is 9.78 Å². The molecule has 0 saturated heterocycles. The van der Waals surface area contributed by atoms with Crippen molar-refractivity contribution in [3.8, 4) is 0 Å². The number of allylic oxidation sites excluding steroid dienone is 7. The Morgan fingerprint density at radius 1 is 1.32 bits per heavy atom. The van der Waals surface area contributed by atoms with Crippen LogP contribution in [-0.2, 0) is 4.74 Å². The van der Waals surface area contributed by atoms with Crippen LogP contribution in [-0.4, -0.2) is 23.0 Å². The Labute approximate surface area is 134 Å². The van der Waals surface area contributed by atoms with Crippen LogP contribution in [0.1, 0.15) is 33.4 Å². The molecule has 0 aliphatic carbocycles. The van der Waals surface area contributed by atoms with Gasteiger partial charge in [0.25, 0.3) is 0 Å². The van der Waals surface area contributed by atoms with Crippen molar-refractivity contribution in [2.45, 2.75) is 34.6 Å². The monoisotopic (exact) mass is 300 g/mol. The van der Waals surface area contributed by atoms with E-state index in [1.54, 1.807) is 0 Å². The summed E-state index contributed by atoms with van der Waals surface area (Å²) in [4.78, 5) is 0. The Hall–Kier alpha value is -1.87. The molecule has 22 heavy (non-hydrogen) atoms. The molecule has 0 aliphatic rings. The van der Waals surface area contributed by atoms with E-state index in [1.165, 1.54) is 5.57 Å². The fourth-order valence-electron chi connectivity index (χ4n) is 2.06. The molecular weight excluding hydrogens is 272 g/mol. The highest BCUT2D eigenvalue weighted by molar-refractivity contribution is 5.64. The molecule has 1 heterocycles. The Morgan fingerprint density at radius 2 is 2.09 bits per heavy atom. The molecule has 120 valence electrons. The molecule has 1 aromatic rings. The highest BCUT2D eigenvalue weighted by atomic mass is 16.5. The standard InChI is InChI=1S/C19H28N2O/c1-6-11-19(21-14-13-17(5)20-21)18(16(3)4)12-9-8-10-15-22-7-2/h6,8-14,16H,7,15H2,1-5H3/b10-8+,11-6-,12-9+,19-18-. The molecule has 0 spiro atoms. The first-order chi connectivity index (χ1) is 10.6. The molecule has 0 radical (unpaired) electrons. The summed E-state index contributed by atoms with van der Waals surface area (Å²) >= 11 is 0. The summed E-state index contributed by atoms with van der Waals surface area (Å²) in [6, 6.07) is 2.02. The van der Waals surface area contributed by atoms with E-state index in [1.807, 2.05) is 55.9 Å². The van der Waals surface area contributed by atoms with Crippen molar-refractivity contribution in [2.75, 3.05) is 13.2 Å². The summed E-state index contributed by atoms with van der Waals surface area (Å²) in [5.41, 5.74) is 3.38. The molecule has 0 fully saturated rings. The number of hydrogen-bond donors (Lipinski definition) is 0. The Morgan fingerprint density at radius 3 is 2.64 bits per heavy atom. The number of ether oxygens (including phenoxy) is 1. The van der Waals surface area contributed by atoms with E-state index in [4.69, 9.17) is 4.74 Å². The van der Waals surface area contributed by atoms with Gasteiger partial charge in [0.2, 0.25) is 0 Å². The predicted molar refractivity (Wildman–Crippen MR) is 94.6 cm³/mol. The van der Waals surface area contributed by atoms with Gasteiger partial charge in [-0.1, -0.05) is 44.2 Å². The van der Waals surface area contributed by atoms with Gasteiger partial charge in [0.1, 0.15) is 0 Å². The lowest BCUT2D eigenvalue weighted by Gasteiger charge is -2.13. The van der Waals surface area contributed by atoms with E-state index in [0.717, 1.165) is 18.0 Å². The zero-order valence-electron chi connectivity index (χ0n) is 14.4. The SMILES string of the molecule is C\C=C/C(=C(\C=C\C=C\COCC)C(C)C)n1ccc(C)n1. The van der Waals surface area contributed by atoms with Crippen molar-refractivity contribution in [3.05, 3.63) is 60.0 Å². The molecular formula is C19H28N2O. The van der Waals surface area contributed by atoms with Gasteiger partial charge in [-0.25, -0.2) is 4.68 Å². The Kier molecular flexibility index (Phi) is 8.23. The summed E-state index contributed by atoms with van der Waals surface area (Å²) in [7, 11) is 0. The van der Waals surface area contributed by atoms with Crippen LogP contribution in [0.5, 0.6) is 0 Å². The molecule has 0 bridgehead atoms. The Bertz CT molecular complexity index is 560. The molecule has 3 nitrogen and oxygen atoms in total. The first-order valence-electron chi connectivity index (χ1n) is 7.90. The van der Waals surface area contributed by atoms with E-state index < -0.39 is 0 Å². The second-order valence-corrected chi connectivity index (χ2v) is 5.34. The summed E-state index contributed by atoms with van der Waals surface area (Å²) in [6.45, 7) is 11.8. The quantitative estimate of drug-likeness (QED) is 0.510. The maximum atomic E-state index is 5.29. The van der Waals surface area contributed by atoms with Gasteiger partial charge in [-0.3, -0.25) is 0 Å². The van der Waals surface area contributed by atoms with Crippen molar-refractivity contribution in [3.63, 3.8) is 0 Å². The summed E-state index contributed by atoms with van der Waals surface area (Å²) in [6.07, 6.45) is 14.4. The number of nitrogens with zero attached hydrogens (tertiary/aromatic N) is 2. The highest BCUT2D eigenvalue weighted by Crippen LogP contribution is 2.21. The predicted octanol–water partition coefficient (Wildman–Crippen LogP) is 4.78. The van der Waals surface area contributed by atoms with Crippen molar-refractivity contribution in [2.24, 2.45) is 5.92 Å². The molecule has 1 aromatic heterocycles. The normalized spacial score (nSPS) is 13.9. The highest BCUT2D eigenvalue weighted by Gasteiger charge is 2.08. The third-order valence-corrected chi connectivity index (χ3v) is 3.15. The van der Waals surface area contributed by atoms with Crippen LogP contribution >= 0.6 is 0 Å². The molecule has 3 heteroatoms. The maximum Gasteiger partial charge on any atom is 0.0676 e. The van der Waals surface area contributed by atoms with Gasteiger partial charge in [-0.05, 0) is 44.4 Å². The van der Waals surface area contributed by atoms with E-state index >= 15 is 0 Å². The summed E-state index contributed by atoms with van der Waals surface area (Å²) in [5, 5.41) is 4.54. The topological polar surface area (TPSA) is 27.1 Å². The molecule has 0 atom stereocenters. The average Bonchev–Trinajstić information content (AvgIpc) is 2.91. The maximum absolute atomic E-state index is 5.29.